The fourth-order valence-corrected chi connectivity index (χ4v) is 10.1. The van der Waals surface area contributed by atoms with Gasteiger partial charge in [0.1, 0.15) is 11.8 Å². The van der Waals surface area contributed by atoms with Crippen LogP contribution in [0, 0.1) is 11.8 Å². The molecule has 10 nitrogen and oxygen atoms in total. The summed E-state index contributed by atoms with van der Waals surface area (Å²) in [5.74, 6) is -0.557. The van der Waals surface area contributed by atoms with Crippen molar-refractivity contribution in [1.29, 1.82) is 0 Å². The largest absolute Gasteiger partial charge is 0.494 e. The number of amides is 3. The normalized spacial score (nSPS) is 26.7. The molecule has 0 saturated carbocycles. The number of morpholine rings is 1. The number of thioether (sulfide) groups is 1. The Morgan fingerprint density at radius 2 is 1.79 bits per heavy atom. The zero-order valence-electron chi connectivity index (χ0n) is 27.9. The van der Waals surface area contributed by atoms with Gasteiger partial charge < -0.3 is 29.3 Å². The highest BCUT2D eigenvalue weighted by Crippen LogP contribution is 2.66. The molecule has 0 aromatic heterocycles. The number of aliphatic hydroxyl groups is 1. The third kappa shape index (κ3) is 7.43. The predicted molar refractivity (Wildman–Crippen MR) is 186 cm³/mol. The molecule has 1 spiro atoms. The first-order valence-corrected chi connectivity index (χ1v) is 18.2. The van der Waals surface area contributed by atoms with E-state index in [0.717, 1.165) is 69.6 Å². The second-order valence-corrected chi connectivity index (χ2v) is 14.5. The van der Waals surface area contributed by atoms with Gasteiger partial charge in [-0.2, -0.15) is 0 Å². The first-order valence-electron chi connectivity index (χ1n) is 17.3. The quantitative estimate of drug-likeness (QED) is 0.187. The van der Waals surface area contributed by atoms with E-state index in [1.165, 1.54) is 0 Å². The Kier molecular flexibility index (Phi) is 12.4. The van der Waals surface area contributed by atoms with Gasteiger partial charge in [0.2, 0.25) is 17.7 Å². The van der Waals surface area contributed by atoms with Crippen LogP contribution in [0.2, 0.25) is 0 Å². The molecule has 5 atom stereocenters. The van der Waals surface area contributed by atoms with Gasteiger partial charge in [0.15, 0.2) is 0 Å². The van der Waals surface area contributed by atoms with E-state index in [4.69, 9.17) is 9.47 Å². The second kappa shape index (κ2) is 16.5. The maximum absolute atomic E-state index is 14.7. The average Bonchev–Trinajstić information content (AvgIpc) is 3.73. The maximum atomic E-state index is 14.7. The number of carbonyl (C=O) groups excluding carboxylic acids is 3. The first kappa shape index (κ1) is 35.4. The molecule has 11 heteroatoms. The summed E-state index contributed by atoms with van der Waals surface area (Å²) in [6.07, 6.45) is 8.19. The van der Waals surface area contributed by atoms with Crippen LogP contribution in [-0.2, 0) is 19.1 Å². The molecular weight excluding hydrogens is 616 g/mol. The number of aliphatic hydroxyl groups excluding tert-OH is 1. The Morgan fingerprint density at radius 3 is 2.47 bits per heavy atom. The smallest absolute Gasteiger partial charge is 0.247 e. The summed E-state index contributed by atoms with van der Waals surface area (Å²) >= 11 is 1.71. The molecule has 1 aromatic rings. The van der Waals surface area contributed by atoms with Crippen LogP contribution >= 0.6 is 11.8 Å². The van der Waals surface area contributed by atoms with Crippen LogP contribution in [-0.4, -0.2) is 126 Å². The Hall–Kier alpha value is -2.86. The highest BCUT2D eigenvalue weighted by atomic mass is 32.2. The number of unbranched alkanes of at least 4 members (excludes halogenated alkanes) is 3. The third-order valence-corrected chi connectivity index (χ3v) is 12.1. The molecule has 1 aromatic carbocycles. The summed E-state index contributed by atoms with van der Waals surface area (Å²) < 4.78 is 10.5. The van der Waals surface area contributed by atoms with E-state index in [9.17, 15) is 19.5 Å². The molecule has 258 valence electrons. The van der Waals surface area contributed by atoms with E-state index in [0.29, 0.717) is 46.0 Å². The number of benzene rings is 1. The number of fused-ring (bicyclic) bond motifs is 1. The fraction of sp³-hybridized carbons (Fsp3) is 0.639. The minimum Gasteiger partial charge on any atom is -0.494 e. The Balaban J connectivity index is 1.43. The van der Waals surface area contributed by atoms with Gasteiger partial charge in [-0.05, 0) is 56.9 Å². The van der Waals surface area contributed by atoms with E-state index < -0.39 is 22.6 Å². The molecule has 2 unspecified atom stereocenters. The van der Waals surface area contributed by atoms with E-state index in [1.807, 2.05) is 41.0 Å². The number of nitrogens with zero attached hydrogens (tertiary/aromatic N) is 4. The van der Waals surface area contributed by atoms with Crippen molar-refractivity contribution in [2.75, 3.05) is 77.1 Å². The number of anilines is 1. The van der Waals surface area contributed by atoms with Crippen LogP contribution in [0.25, 0.3) is 0 Å². The maximum Gasteiger partial charge on any atom is 0.247 e. The number of ether oxygens (including phenoxy) is 2. The SMILES string of the molecule is C=CCN(CCN1CCOCC1)C(=O)C1N(CCCCCCO)C(=O)[C@@H]2[C@H](C(=O)N(CC=C)c3ccc(OCC)cc3)[C@@H]3CCC12S3. The minimum atomic E-state index is -0.651. The topological polar surface area (TPSA) is 103 Å². The van der Waals surface area contributed by atoms with Crippen LogP contribution in [0.5, 0.6) is 5.75 Å². The standard InChI is InChI=1S/C36H52N4O6S/c1-4-17-38(21-20-37-22-25-45-26-23-37)35(44)32-36-16-15-29(47-36)30(31(36)34(43)40(32)19-9-7-8-10-24-41)33(42)39(18-5-2)27-11-13-28(14-12-27)46-6-3/h4-5,11-14,29-32,41H,1-2,6-10,15-26H2,3H3/t29-,30+,31-,32?,36?/m0/s1. The molecule has 4 aliphatic heterocycles. The van der Waals surface area contributed by atoms with Crippen LogP contribution in [0.3, 0.4) is 0 Å². The molecule has 2 bridgehead atoms. The molecule has 0 radical (unpaired) electrons. The Morgan fingerprint density at radius 1 is 1.06 bits per heavy atom. The van der Waals surface area contributed by atoms with Crippen molar-refractivity contribution < 1.29 is 29.0 Å². The molecule has 4 saturated heterocycles. The molecule has 1 N–H and O–H groups in total. The van der Waals surface area contributed by atoms with Gasteiger partial charge in [0, 0.05) is 63.4 Å². The average molecular weight is 669 g/mol. The molecule has 5 rings (SSSR count). The van der Waals surface area contributed by atoms with Gasteiger partial charge in [0.05, 0.1) is 36.4 Å². The lowest BCUT2D eigenvalue weighted by molar-refractivity contribution is -0.142. The van der Waals surface area contributed by atoms with Gasteiger partial charge in [0.25, 0.3) is 0 Å². The second-order valence-electron chi connectivity index (χ2n) is 12.9. The van der Waals surface area contributed by atoms with Gasteiger partial charge in [-0.3, -0.25) is 19.3 Å². The highest BCUT2D eigenvalue weighted by molar-refractivity contribution is 8.02. The van der Waals surface area contributed by atoms with E-state index in [-0.39, 0.29) is 29.6 Å². The van der Waals surface area contributed by atoms with E-state index in [2.05, 4.69) is 18.1 Å². The summed E-state index contributed by atoms with van der Waals surface area (Å²) in [7, 11) is 0. The molecule has 4 heterocycles. The van der Waals surface area contributed by atoms with Crippen molar-refractivity contribution in [3.63, 3.8) is 0 Å². The number of carbonyl (C=O) groups is 3. The van der Waals surface area contributed by atoms with Crippen molar-refractivity contribution in [2.45, 2.75) is 61.5 Å². The van der Waals surface area contributed by atoms with Crippen molar-refractivity contribution in [3.8, 4) is 5.75 Å². The van der Waals surface area contributed by atoms with Crippen molar-refractivity contribution in [1.82, 2.24) is 14.7 Å². The highest BCUT2D eigenvalue weighted by Gasteiger charge is 2.74. The van der Waals surface area contributed by atoms with Crippen LogP contribution in [0.4, 0.5) is 5.69 Å². The van der Waals surface area contributed by atoms with Gasteiger partial charge >= 0.3 is 0 Å². The zero-order chi connectivity index (χ0) is 33.4. The first-order chi connectivity index (χ1) is 22.9. The molecule has 4 aliphatic rings. The molecule has 47 heavy (non-hydrogen) atoms. The third-order valence-electron chi connectivity index (χ3n) is 10.1. The molecule has 4 fully saturated rings. The van der Waals surface area contributed by atoms with Gasteiger partial charge in [-0.25, -0.2) is 0 Å². The van der Waals surface area contributed by atoms with Gasteiger partial charge in [-0.1, -0.05) is 25.0 Å². The van der Waals surface area contributed by atoms with Crippen molar-refractivity contribution >= 4 is 35.2 Å². The summed E-state index contributed by atoms with van der Waals surface area (Å²) in [6, 6.07) is 6.85. The minimum absolute atomic E-state index is 0.0327. The summed E-state index contributed by atoms with van der Waals surface area (Å²) in [4.78, 5) is 51.6. The lowest BCUT2D eigenvalue weighted by Crippen LogP contribution is -2.56. The predicted octanol–water partition coefficient (Wildman–Crippen LogP) is 3.60. The number of hydrogen-bond acceptors (Lipinski definition) is 8. The molecule has 0 aliphatic carbocycles. The van der Waals surface area contributed by atoms with E-state index >= 15 is 0 Å². The summed E-state index contributed by atoms with van der Waals surface area (Å²) in [5.41, 5.74) is 0.735. The van der Waals surface area contributed by atoms with Crippen LogP contribution < -0.4 is 9.64 Å². The lowest BCUT2D eigenvalue weighted by atomic mass is 9.70. The number of hydrogen-bond donors (Lipinski definition) is 1. The number of rotatable bonds is 18. The fourth-order valence-electron chi connectivity index (χ4n) is 7.93. The zero-order valence-corrected chi connectivity index (χ0v) is 28.7. The van der Waals surface area contributed by atoms with Crippen molar-refractivity contribution in [3.05, 3.63) is 49.6 Å². The number of likely N-dealkylation sites (tertiary alicyclic amines) is 1. The van der Waals surface area contributed by atoms with E-state index in [1.54, 1.807) is 28.8 Å². The Labute approximate surface area is 284 Å². The molecule has 3 amide bonds. The summed E-state index contributed by atoms with van der Waals surface area (Å²) in [6.45, 7) is 16.0. The lowest BCUT2D eigenvalue weighted by Gasteiger charge is -2.38. The van der Waals surface area contributed by atoms with Crippen LogP contribution in [0.15, 0.2) is 49.6 Å². The monoisotopic (exact) mass is 668 g/mol. The summed E-state index contributed by atoms with van der Waals surface area (Å²) in [5, 5.41) is 9.24. The molecular formula is C36H52N4O6S. The van der Waals surface area contributed by atoms with Crippen LogP contribution in [0.1, 0.15) is 45.4 Å². The van der Waals surface area contributed by atoms with Crippen molar-refractivity contribution in [2.24, 2.45) is 11.8 Å². The Bertz CT molecular complexity index is 1260. The van der Waals surface area contributed by atoms with Gasteiger partial charge in [-0.15, -0.1) is 24.9 Å².